The van der Waals surface area contributed by atoms with E-state index in [4.69, 9.17) is 9.47 Å². The molecule has 0 heterocycles. The summed E-state index contributed by atoms with van der Waals surface area (Å²) in [6, 6.07) is 15.1. The number of hydrogen-bond acceptors (Lipinski definition) is 4. The van der Waals surface area contributed by atoms with Gasteiger partial charge in [-0.1, -0.05) is 37.3 Å². The van der Waals surface area contributed by atoms with Gasteiger partial charge in [-0.3, -0.25) is 4.79 Å². The second-order valence-electron chi connectivity index (χ2n) is 5.44. The molecule has 0 spiro atoms. The lowest BCUT2D eigenvalue weighted by molar-refractivity contribution is -0.120. The maximum Gasteiger partial charge on any atom is 0.244 e. The van der Waals surface area contributed by atoms with Crippen LogP contribution in [0.5, 0.6) is 11.5 Å². The lowest BCUT2D eigenvalue weighted by Crippen LogP contribution is -2.19. The van der Waals surface area contributed by atoms with Crippen LogP contribution < -0.4 is 14.9 Å². The molecule has 0 aliphatic carbocycles. The van der Waals surface area contributed by atoms with Crippen LogP contribution in [0.25, 0.3) is 0 Å². The number of hydrogen-bond donors (Lipinski definition) is 1. The van der Waals surface area contributed by atoms with E-state index in [1.165, 1.54) is 0 Å². The third kappa shape index (κ3) is 6.30. The highest BCUT2D eigenvalue weighted by Gasteiger charge is 2.06. The van der Waals surface area contributed by atoms with Crippen molar-refractivity contribution >= 4 is 12.1 Å². The van der Waals surface area contributed by atoms with Crippen molar-refractivity contribution in [3.63, 3.8) is 0 Å². The van der Waals surface area contributed by atoms with E-state index in [-0.39, 0.29) is 5.91 Å². The number of hydrazone groups is 1. The van der Waals surface area contributed by atoms with E-state index in [0.717, 1.165) is 17.5 Å². The molecule has 0 saturated carbocycles. The van der Waals surface area contributed by atoms with E-state index in [1.807, 2.05) is 55.5 Å². The third-order valence-corrected chi connectivity index (χ3v) is 3.34. The van der Waals surface area contributed by atoms with Crippen LogP contribution in [0.3, 0.4) is 0 Å². The lowest BCUT2D eigenvalue weighted by atomic mass is 10.1. The van der Waals surface area contributed by atoms with Crippen LogP contribution >= 0.6 is 0 Å². The molecule has 2 aromatic rings. The molecular weight excluding hydrogens is 316 g/mol. The van der Waals surface area contributed by atoms with Crippen molar-refractivity contribution in [2.75, 3.05) is 13.2 Å². The lowest BCUT2D eigenvalue weighted by Gasteiger charge is -2.11. The normalized spacial score (nSPS) is 10.6. The maximum absolute atomic E-state index is 11.9. The number of ether oxygens (including phenoxy) is 2. The molecule has 5 heteroatoms. The Hall–Kier alpha value is -2.82. The van der Waals surface area contributed by atoms with Gasteiger partial charge in [-0.2, -0.15) is 5.10 Å². The monoisotopic (exact) mass is 340 g/mol. The molecular formula is C20H24N2O3. The zero-order chi connectivity index (χ0) is 17.9. The summed E-state index contributed by atoms with van der Waals surface area (Å²) in [4.78, 5) is 11.9. The molecule has 0 bridgehead atoms. The molecule has 0 saturated heterocycles. The summed E-state index contributed by atoms with van der Waals surface area (Å²) in [5.74, 6) is 1.24. The van der Waals surface area contributed by atoms with Crippen LogP contribution in [0.15, 0.2) is 53.6 Å². The van der Waals surface area contributed by atoms with Crippen molar-refractivity contribution in [2.45, 2.75) is 26.7 Å². The van der Waals surface area contributed by atoms with Crippen molar-refractivity contribution in [1.29, 1.82) is 0 Å². The summed E-state index contributed by atoms with van der Waals surface area (Å²) in [6.07, 6.45) is 2.82. The van der Waals surface area contributed by atoms with E-state index in [9.17, 15) is 4.79 Å². The molecule has 25 heavy (non-hydrogen) atoms. The van der Waals surface area contributed by atoms with Gasteiger partial charge in [-0.05, 0) is 42.7 Å². The second kappa shape index (κ2) is 10.1. The molecule has 0 aromatic heterocycles. The first kappa shape index (κ1) is 18.5. The summed E-state index contributed by atoms with van der Waals surface area (Å²) in [7, 11) is 0. The Labute approximate surface area is 148 Å². The molecule has 5 nitrogen and oxygen atoms in total. The van der Waals surface area contributed by atoms with Crippen LogP contribution in [0.4, 0.5) is 0 Å². The number of benzene rings is 2. The molecule has 2 rings (SSSR count). The predicted octanol–water partition coefficient (Wildman–Crippen LogP) is 3.57. The number of rotatable bonds is 9. The first-order valence-corrected chi connectivity index (χ1v) is 8.48. The minimum atomic E-state index is -0.157. The fraction of sp³-hybridized carbons (Fsp3) is 0.300. The predicted molar refractivity (Wildman–Crippen MR) is 99.3 cm³/mol. The topological polar surface area (TPSA) is 59.9 Å². The highest BCUT2D eigenvalue weighted by molar-refractivity contribution is 5.84. The van der Waals surface area contributed by atoms with Gasteiger partial charge in [0.15, 0.2) is 11.5 Å². The Kier molecular flexibility index (Phi) is 7.50. The first-order valence-electron chi connectivity index (χ1n) is 8.48. The Morgan fingerprint density at radius 2 is 1.88 bits per heavy atom. The minimum Gasteiger partial charge on any atom is -0.490 e. The summed E-state index contributed by atoms with van der Waals surface area (Å²) in [5, 5.41) is 4.01. The van der Waals surface area contributed by atoms with Crippen molar-refractivity contribution in [1.82, 2.24) is 5.43 Å². The summed E-state index contributed by atoms with van der Waals surface area (Å²) >= 11 is 0. The van der Waals surface area contributed by atoms with Crippen molar-refractivity contribution < 1.29 is 14.3 Å². The van der Waals surface area contributed by atoms with Gasteiger partial charge in [-0.25, -0.2) is 5.43 Å². The Morgan fingerprint density at radius 3 is 2.60 bits per heavy atom. The van der Waals surface area contributed by atoms with Crippen molar-refractivity contribution in [3.05, 3.63) is 59.7 Å². The van der Waals surface area contributed by atoms with E-state index < -0.39 is 0 Å². The Balaban J connectivity index is 1.95. The molecule has 0 atom stereocenters. The smallest absolute Gasteiger partial charge is 0.244 e. The maximum atomic E-state index is 11.9. The standard InChI is InChI=1S/C20H24N2O3/c1-3-12-25-18-11-10-17(13-19(18)24-4-2)15-21-22-20(23)14-16-8-6-5-7-9-16/h5-11,13,15H,3-4,12,14H2,1-2H3,(H,22,23). The van der Waals surface area contributed by atoms with Gasteiger partial charge in [0.05, 0.1) is 25.8 Å². The SMILES string of the molecule is CCCOc1ccc(C=NNC(=O)Cc2ccccc2)cc1OCC. The molecule has 0 unspecified atom stereocenters. The van der Waals surface area contributed by atoms with Crippen LogP contribution in [0.2, 0.25) is 0 Å². The van der Waals surface area contributed by atoms with Gasteiger partial charge < -0.3 is 9.47 Å². The zero-order valence-corrected chi connectivity index (χ0v) is 14.7. The van der Waals surface area contributed by atoms with Crippen molar-refractivity contribution in [2.24, 2.45) is 5.10 Å². The van der Waals surface area contributed by atoms with Crippen LogP contribution in [-0.4, -0.2) is 25.3 Å². The number of carbonyl (C=O) groups excluding carboxylic acids is 1. The number of amides is 1. The van der Waals surface area contributed by atoms with Gasteiger partial charge in [0.1, 0.15) is 0 Å². The molecule has 132 valence electrons. The molecule has 2 aromatic carbocycles. The molecule has 0 fully saturated rings. The highest BCUT2D eigenvalue weighted by Crippen LogP contribution is 2.28. The average molecular weight is 340 g/mol. The quantitative estimate of drug-likeness (QED) is 0.561. The fourth-order valence-electron chi connectivity index (χ4n) is 2.20. The molecule has 0 aliphatic heterocycles. The number of carbonyl (C=O) groups is 1. The highest BCUT2D eigenvalue weighted by atomic mass is 16.5. The van der Waals surface area contributed by atoms with Crippen LogP contribution in [-0.2, 0) is 11.2 Å². The van der Waals surface area contributed by atoms with Gasteiger partial charge in [-0.15, -0.1) is 0 Å². The van der Waals surface area contributed by atoms with Crippen LogP contribution in [0, 0.1) is 0 Å². The zero-order valence-electron chi connectivity index (χ0n) is 14.7. The van der Waals surface area contributed by atoms with Crippen molar-refractivity contribution in [3.8, 4) is 11.5 Å². The van der Waals surface area contributed by atoms with Crippen LogP contribution in [0.1, 0.15) is 31.4 Å². The summed E-state index contributed by atoms with van der Waals surface area (Å²) in [6.45, 7) is 5.17. The second-order valence-corrected chi connectivity index (χ2v) is 5.44. The van der Waals surface area contributed by atoms with E-state index in [2.05, 4.69) is 17.5 Å². The number of nitrogens with zero attached hydrogens (tertiary/aromatic N) is 1. The molecule has 0 radical (unpaired) electrons. The summed E-state index contributed by atoms with van der Waals surface area (Å²) < 4.78 is 11.3. The third-order valence-electron chi connectivity index (χ3n) is 3.34. The van der Waals surface area contributed by atoms with Gasteiger partial charge >= 0.3 is 0 Å². The van der Waals surface area contributed by atoms with E-state index >= 15 is 0 Å². The first-order chi connectivity index (χ1) is 12.2. The Bertz CT molecular complexity index is 699. The van der Waals surface area contributed by atoms with Gasteiger partial charge in [0.2, 0.25) is 5.91 Å². The van der Waals surface area contributed by atoms with Gasteiger partial charge in [0.25, 0.3) is 0 Å². The van der Waals surface area contributed by atoms with Gasteiger partial charge in [0, 0.05) is 0 Å². The Morgan fingerprint density at radius 1 is 1.08 bits per heavy atom. The summed E-state index contributed by atoms with van der Waals surface area (Å²) in [5.41, 5.74) is 4.31. The molecule has 0 aliphatic rings. The minimum absolute atomic E-state index is 0.157. The van der Waals surface area contributed by atoms with E-state index in [1.54, 1.807) is 6.21 Å². The fourth-order valence-corrected chi connectivity index (χ4v) is 2.20. The average Bonchev–Trinajstić information content (AvgIpc) is 2.62. The van der Waals surface area contributed by atoms with E-state index in [0.29, 0.717) is 31.1 Å². The molecule has 1 amide bonds. The number of nitrogens with one attached hydrogen (secondary N) is 1. The molecule has 1 N–H and O–H groups in total. The largest absolute Gasteiger partial charge is 0.490 e.